The van der Waals surface area contributed by atoms with Gasteiger partial charge in [-0.05, 0) is 48.0 Å². The van der Waals surface area contributed by atoms with E-state index in [0.717, 1.165) is 8.95 Å². The van der Waals surface area contributed by atoms with Crippen molar-refractivity contribution in [2.75, 3.05) is 5.32 Å². The van der Waals surface area contributed by atoms with Crippen LogP contribution >= 0.6 is 31.9 Å². The van der Waals surface area contributed by atoms with E-state index in [1.54, 1.807) is 6.07 Å². The van der Waals surface area contributed by atoms with Crippen molar-refractivity contribution in [2.24, 2.45) is 0 Å². The molecule has 82 valence electrons. The first kappa shape index (κ1) is 12.7. The smallest absolute Gasteiger partial charge is 0.255 e. The molecule has 1 aromatic carbocycles. The van der Waals surface area contributed by atoms with Crippen LogP contribution < -0.4 is 5.32 Å². The van der Waals surface area contributed by atoms with E-state index in [9.17, 15) is 9.90 Å². The van der Waals surface area contributed by atoms with E-state index in [2.05, 4.69) is 37.2 Å². The predicted molar refractivity (Wildman–Crippen MR) is 66.8 cm³/mol. The van der Waals surface area contributed by atoms with Gasteiger partial charge in [-0.25, -0.2) is 0 Å². The second kappa shape index (κ2) is 4.63. The zero-order chi connectivity index (χ0) is 11.6. The lowest BCUT2D eigenvalue weighted by Crippen LogP contribution is -2.36. The summed E-state index contributed by atoms with van der Waals surface area (Å²) >= 11 is 6.61. The molecule has 0 heterocycles. The van der Waals surface area contributed by atoms with E-state index in [1.165, 1.54) is 13.8 Å². The average Bonchev–Trinajstić information content (AvgIpc) is 2.09. The summed E-state index contributed by atoms with van der Waals surface area (Å²) in [7, 11) is 0. The third-order valence-corrected chi connectivity index (χ3v) is 2.92. The summed E-state index contributed by atoms with van der Waals surface area (Å²) in [6.07, 6.45) is 0. The Bertz CT molecular complexity index is 385. The Kier molecular flexibility index (Phi) is 3.92. The van der Waals surface area contributed by atoms with Crippen LogP contribution in [-0.2, 0) is 4.79 Å². The molecule has 1 rings (SSSR count). The molecule has 5 heteroatoms. The summed E-state index contributed by atoms with van der Waals surface area (Å²) in [5.74, 6) is -0.443. The van der Waals surface area contributed by atoms with E-state index in [-0.39, 0.29) is 0 Å². The lowest BCUT2D eigenvalue weighted by atomic mass is 10.1. The van der Waals surface area contributed by atoms with Gasteiger partial charge in [0.25, 0.3) is 5.91 Å². The van der Waals surface area contributed by atoms with Crippen LogP contribution in [0.2, 0.25) is 0 Å². The molecule has 2 N–H and O–H groups in total. The summed E-state index contributed by atoms with van der Waals surface area (Å²) in [5, 5.41) is 12.1. The molecule has 0 spiro atoms. The first-order chi connectivity index (χ1) is 6.80. The molecular formula is C10H11Br2NO2. The molecule has 15 heavy (non-hydrogen) atoms. The van der Waals surface area contributed by atoms with E-state index < -0.39 is 11.5 Å². The maximum Gasteiger partial charge on any atom is 0.255 e. The molecule has 0 fully saturated rings. The zero-order valence-electron chi connectivity index (χ0n) is 8.34. The fourth-order valence-corrected chi connectivity index (χ4v) is 1.58. The molecule has 0 unspecified atom stereocenters. The highest BCUT2D eigenvalue weighted by atomic mass is 79.9. The highest BCUT2D eigenvalue weighted by molar-refractivity contribution is 9.11. The fraction of sp³-hybridized carbons (Fsp3) is 0.300. The number of benzene rings is 1. The highest BCUT2D eigenvalue weighted by Crippen LogP contribution is 2.26. The van der Waals surface area contributed by atoms with E-state index in [4.69, 9.17) is 0 Å². The van der Waals surface area contributed by atoms with E-state index >= 15 is 0 Å². The first-order valence-corrected chi connectivity index (χ1v) is 5.88. The van der Waals surface area contributed by atoms with Gasteiger partial charge in [0, 0.05) is 8.95 Å². The molecule has 0 aliphatic carbocycles. The minimum Gasteiger partial charge on any atom is -0.381 e. The normalized spacial score (nSPS) is 11.3. The van der Waals surface area contributed by atoms with Crippen LogP contribution in [0, 0.1) is 0 Å². The van der Waals surface area contributed by atoms with Crippen molar-refractivity contribution in [1.29, 1.82) is 0 Å². The number of hydrogen-bond acceptors (Lipinski definition) is 2. The van der Waals surface area contributed by atoms with Crippen molar-refractivity contribution < 1.29 is 9.90 Å². The van der Waals surface area contributed by atoms with Crippen molar-refractivity contribution in [2.45, 2.75) is 19.4 Å². The number of hydrogen-bond donors (Lipinski definition) is 2. The summed E-state index contributed by atoms with van der Waals surface area (Å²) in [4.78, 5) is 11.5. The van der Waals surface area contributed by atoms with Crippen molar-refractivity contribution in [3.05, 3.63) is 27.1 Å². The standard InChI is InChI=1S/C10H11Br2NO2/c1-10(2,15)9(14)13-8-5-6(11)3-4-7(8)12/h3-5,15H,1-2H3,(H,13,14). The van der Waals surface area contributed by atoms with Crippen molar-refractivity contribution in [1.82, 2.24) is 0 Å². The topological polar surface area (TPSA) is 49.3 Å². The Morgan fingerprint density at radius 2 is 2.00 bits per heavy atom. The van der Waals surface area contributed by atoms with Gasteiger partial charge in [0.05, 0.1) is 5.69 Å². The molecular weight excluding hydrogens is 326 g/mol. The zero-order valence-corrected chi connectivity index (χ0v) is 11.5. The quantitative estimate of drug-likeness (QED) is 0.872. The summed E-state index contributed by atoms with van der Waals surface area (Å²) in [5.41, 5.74) is -0.765. The average molecular weight is 337 g/mol. The maximum atomic E-state index is 11.5. The SMILES string of the molecule is CC(C)(O)C(=O)Nc1cc(Br)ccc1Br. The molecule has 0 saturated carbocycles. The number of rotatable bonds is 2. The van der Waals surface area contributed by atoms with Crippen molar-refractivity contribution in [3.8, 4) is 0 Å². The Morgan fingerprint density at radius 1 is 1.40 bits per heavy atom. The largest absolute Gasteiger partial charge is 0.381 e. The number of nitrogens with one attached hydrogen (secondary N) is 1. The van der Waals surface area contributed by atoms with Gasteiger partial charge >= 0.3 is 0 Å². The monoisotopic (exact) mass is 335 g/mol. The Morgan fingerprint density at radius 3 is 2.53 bits per heavy atom. The van der Waals surface area contributed by atoms with Crippen LogP contribution in [-0.4, -0.2) is 16.6 Å². The van der Waals surface area contributed by atoms with Crippen LogP contribution in [0.3, 0.4) is 0 Å². The molecule has 0 atom stereocenters. The van der Waals surface area contributed by atoms with Crippen LogP contribution in [0.1, 0.15) is 13.8 Å². The maximum absolute atomic E-state index is 11.5. The van der Waals surface area contributed by atoms with Gasteiger partial charge < -0.3 is 10.4 Å². The molecule has 1 aromatic rings. The van der Waals surface area contributed by atoms with Gasteiger partial charge in [0.15, 0.2) is 0 Å². The van der Waals surface area contributed by atoms with Crippen LogP contribution in [0.4, 0.5) is 5.69 Å². The molecule has 0 saturated heterocycles. The molecule has 0 radical (unpaired) electrons. The van der Waals surface area contributed by atoms with E-state index in [1.807, 2.05) is 12.1 Å². The lowest BCUT2D eigenvalue weighted by molar-refractivity contribution is -0.130. The van der Waals surface area contributed by atoms with Crippen molar-refractivity contribution in [3.63, 3.8) is 0 Å². The summed E-state index contributed by atoms with van der Waals surface area (Å²) < 4.78 is 1.63. The highest BCUT2D eigenvalue weighted by Gasteiger charge is 2.24. The lowest BCUT2D eigenvalue weighted by Gasteiger charge is -2.17. The van der Waals surface area contributed by atoms with Crippen LogP contribution in [0.5, 0.6) is 0 Å². The number of aliphatic hydroxyl groups is 1. The van der Waals surface area contributed by atoms with Gasteiger partial charge in [-0.1, -0.05) is 15.9 Å². The number of amides is 1. The third-order valence-electron chi connectivity index (χ3n) is 1.73. The molecule has 0 aliphatic heterocycles. The van der Waals surface area contributed by atoms with Crippen molar-refractivity contribution >= 4 is 43.5 Å². The van der Waals surface area contributed by atoms with E-state index in [0.29, 0.717) is 5.69 Å². The number of halogens is 2. The van der Waals surface area contributed by atoms with Gasteiger partial charge in [-0.2, -0.15) is 0 Å². The Hall–Kier alpha value is -0.390. The van der Waals surface area contributed by atoms with Gasteiger partial charge in [-0.3, -0.25) is 4.79 Å². The predicted octanol–water partition coefficient (Wildman–Crippen LogP) is 2.92. The number of carbonyl (C=O) groups excluding carboxylic acids is 1. The minimum atomic E-state index is -1.39. The summed E-state index contributed by atoms with van der Waals surface area (Å²) in [6.45, 7) is 2.88. The fourth-order valence-electron chi connectivity index (χ4n) is 0.869. The van der Waals surface area contributed by atoms with Gasteiger partial charge in [-0.15, -0.1) is 0 Å². The molecule has 3 nitrogen and oxygen atoms in total. The van der Waals surface area contributed by atoms with Gasteiger partial charge in [0.2, 0.25) is 0 Å². The van der Waals surface area contributed by atoms with Crippen LogP contribution in [0.15, 0.2) is 27.1 Å². The molecule has 0 aliphatic rings. The minimum absolute atomic E-state index is 0.443. The summed E-state index contributed by atoms with van der Waals surface area (Å²) in [6, 6.07) is 5.42. The Balaban J connectivity index is 2.90. The Labute approximate surface area is 105 Å². The second-order valence-corrected chi connectivity index (χ2v) is 5.41. The van der Waals surface area contributed by atoms with Gasteiger partial charge in [0.1, 0.15) is 5.60 Å². The number of carbonyl (C=O) groups is 1. The third kappa shape index (κ3) is 3.59. The number of anilines is 1. The molecule has 1 amide bonds. The van der Waals surface area contributed by atoms with Crippen LogP contribution in [0.25, 0.3) is 0 Å². The second-order valence-electron chi connectivity index (χ2n) is 3.64. The first-order valence-electron chi connectivity index (χ1n) is 4.29. The molecule has 0 aromatic heterocycles. The molecule has 0 bridgehead atoms.